The molecule has 1 aliphatic rings. The van der Waals surface area contributed by atoms with Gasteiger partial charge in [0.25, 0.3) is 0 Å². The number of aldehydes is 1. The van der Waals surface area contributed by atoms with Crippen molar-refractivity contribution in [2.24, 2.45) is 0 Å². The molecule has 1 atom stereocenters. The summed E-state index contributed by atoms with van der Waals surface area (Å²) in [5.41, 5.74) is 10.0. The quantitative estimate of drug-likeness (QED) is 0.0674. The van der Waals surface area contributed by atoms with Crippen LogP contribution in [0.15, 0.2) is 91.3 Å². The van der Waals surface area contributed by atoms with Crippen molar-refractivity contribution in [3.05, 3.63) is 130 Å². The minimum absolute atomic E-state index is 0.222. The number of pyridine rings is 1. The Bertz CT molecular complexity index is 2120. The highest BCUT2D eigenvalue weighted by atomic mass is 35.5. The van der Waals surface area contributed by atoms with Crippen molar-refractivity contribution in [2.75, 3.05) is 32.8 Å². The highest BCUT2D eigenvalue weighted by molar-refractivity contribution is 6.32. The van der Waals surface area contributed by atoms with Crippen LogP contribution in [0.2, 0.25) is 5.02 Å². The summed E-state index contributed by atoms with van der Waals surface area (Å²) in [5, 5.41) is 23.2. The molecule has 55 heavy (non-hydrogen) atoms. The van der Waals surface area contributed by atoms with Gasteiger partial charge in [-0.15, -0.1) is 0 Å². The second-order valence-electron chi connectivity index (χ2n) is 13.8. The number of unbranched alkanes of at least 4 members (excludes halogenated alkanes) is 1. The van der Waals surface area contributed by atoms with Gasteiger partial charge in [0, 0.05) is 62.2 Å². The maximum atomic E-state index is 10.5. The molecule has 2 N–H and O–H groups in total. The number of halogens is 1. The molecular formula is C45H47ClN4O5. The Kier molecular flexibility index (Phi) is 13.9. The number of hydrogen-bond acceptors (Lipinski definition) is 9. The molecule has 0 amide bonds. The summed E-state index contributed by atoms with van der Waals surface area (Å²) in [5.74, 6) is 1.95. The zero-order valence-electron chi connectivity index (χ0n) is 31.4. The van der Waals surface area contributed by atoms with E-state index in [1.165, 1.54) is 11.8 Å². The number of nitrogens with zero attached hydrogens (tertiary/aromatic N) is 3. The van der Waals surface area contributed by atoms with Gasteiger partial charge in [-0.1, -0.05) is 60.1 Å². The molecule has 0 saturated carbocycles. The molecule has 5 aromatic rings. The molecule has 0 spiro atoms. The van der Waals surface area contributed by atoms with E-state index in [4.69, 9.17) is 25.8 Å². The highest BCUT2D eigenvalue weighted by Crippen LogP contribution is 2.37. The summed E-state index contributed by atoms with van der Waals surface area (Å²) in [6, 6.07) is 28.5. The van der Waals surface area contributed by atoms with E-state index < -0.39 is 0 Å². The lowest BCUT2D eigenvalue weighted by Gasteiger charge is -2.20. The van der Waals surface area contributed by atoms with Crippen molar-refractivity contribution in [3.63, 3.8) is 0 Å². The summed E-state index contributed by atoms with van der Waals surface area (Å²) in [4.78, 5) is 16.8. The zero-order valence-corrected chi connectivity index (χ0v) is 32.1. The second-order valence-corrected chi connectivity index (χ2v) is 14.2. The van der Waals surface area contributed by atoms with Crippen molar-refractivity contribution in [2.45, 2.75) is 59.0 Å². The third-order valence-electron chi connectivity index (χ3n) is 9.92. The fourth-order valence-corrected chi connectivity index (χ4v) is 7.11. The molecule has 1 unspecified atom stereocenters. The normalized spacial score (nSPS) is 14.1. The number of likely N-dealkylation sites (tertiary alicyclic amines) is 1. The van der Waals surface area contributed by atoms with Crippen molar-refractivity contribution in [1.29, 1.82) is 5.26 Å². The first kappa shape index (κ1) is 39.5. The van der Waals surface area contributed by atoms with Gasteiger partial charge in [-0.3, -0.25) is 9.88 Å². The van der Waals surface area contributed by atoms with Crippen LogP contribution in [0.4, 0.5) is 0 Å². The molecule has 1 aromatic heterocycles. The Hall–Kier alpha value is -5.24. The van der Waals surface area contributed by atoms with Crippen LogP contribution in [0.3, 0.4) is 0 Å². The average Bonchev–Trinajstić information content (AvgIpc) is 3.61. The number of carbonyl (C=O) groups is 1. The van der Waals surface area contributed by atoms with Crippen LogP contribution < -0.4 is 19.5 Å². The Morgan fingerprint density at radius 3 is 2.44 bits per heavy atom. The molecule has 0 aliphatic carbocycles. The monoisotopic (exact) mass is 758 g/mol. The van der Waals surface area contributed by atoms with Gasteiger partial charge in [-0.25, -0.2) is 0 Å². The van der Waals surface area contributed by atoms with Gasteiger partial charge in [0.15, 0.2) is 0 Å². The smallest absolute Gasteiger partial charge is 0.142 e. The van der Waals surface area contributed by atoms with E-state index in [0.717, 1.165) is 89.0 Å². The Morgan fingerprint density at radius 2 is 1.67 bits per heavy atom. The number of β-amino-alcohol motifs (C(OH)–C–C–N with tert-alkyl or cyclic N) is 1. The fraction of sp³-hybridized carbons (Fsp3) is 0.311. The highest BCUT2D eigenvalue weighted by Gasteiger charge is 2.23. The largest absolute Gasteiger partial charge is 0.492 e. The van der Waals surface area contributed by atoms with Gasteiger partial charge in [-0.2, -0.15) is 5.26 Å². The molecule has 4 aromatic carbocycles. The third kappa shape index (κ3) is 10.5. The van der Waals surface area contributed by atoms with Crippen LogP contribution in [0.1, 0.15) is 52.6 Å². The molecule has 10 heteroatoms. The van der Waals surface area contributed by atoms with Gasteiger partial charge in [0.1, 0.15) is 49.4 Å². The van der Waals surface area contributed by atoms with Crippen LogP contribution in [0.5, 0.6) is 17.2 Å². The first-order valence-electron chi connectivity index (χ1n) is 18.7. The van der Waals surface area contributed by atoms with Crippen molar-refractivity contribution >= 4 is 17.9 Å². The lowest BCUT2D eigenvalue weighted by Crippen LogP contribution is -2.22. The maximum Gasteiger partial charge on any atom is 0.142 e. The van der Waals surface area contributed by atoms with Gasteiger partial charge >= 0.3 is 0 Å². The van der Waals surface area contributed by atoms with E-state index in [2.05, 4.69) is 83.6 Å². The van der Waals surface area contributed by atoms with E-state index >= 15 is 0 Å². The topological polar surface area (TPSA) is 117 Å². The van der Waals surface area contributed by atoms with Crippen molar-refractivity contribution in [1.82, 2.24) is 15.2 Å². The average molecular weight is 759 g/mol. The third-order valence-corrected chi connectivity index (χ3v) is 10.2. The van der Waals surface area contributed by atoms with Gasteiger partial charge in [0.05, 0.1) is 16.7 Å². The molecule has 0 radical (unpaired) electrons. The number of aliphatic hydroxyl groups excluding tert-OH is 1. The van der Waals surface area contributed by atoms with Crippen molar-refractivity contribution < 1.29 is 24.1 Å². The number of carbonyl (C=O) groups excluding carboxylic acids is 1. The Balaban J connectivity index is 1.16. The molecular weight excluding hydrogens is 712 g/mol. The molecule has 284 valence electrons. The zero-order chi connectivity index (χ0) is 38.6. The van der Waals surface area contributed by atoms with Crippen LogP contribution in [-0.2, 0) is 24.6 Å². The summed E-state index contributed by atoms with van der Waals surface area (Å²) >= 11 is 6.85. The van der Waals surface area contributed by atoms with E-state index in [1.807, 2.05) is 24.3 Å². The summed E-state index contributed by atoms with van der Waals surface area (Å²) in [6.45, 7) is 8.84. The summed E-state index contributed by atoms with van der Waals surface area (Å²) in [6.07, 6.45) is 5.95. The standard InChI is InChI=1S/C45H47ClN4O5/c1-31-36(7-5-9-41(31)42-10-6-8-40(32(42)2)35-11-13-39(14-12-35)53-20-17-48-16-3-4-19-51)30-55-45-23-44(54-29-34-21-33(24-47)25-49-26-34)37(22-43(45)46)27-50-18-15-38(52)28-50/h5-14,19,21-23,25-26,38,48,52H,3-4,15-18,20,27-30H2,1-2H3. The second kappa shape index (κ2) is 19.4. The van der Waals surface area contributed by atoms with Gasteiger partial charge in [-0.05, 0) is 96.4 Å². The number of aliphatic hydroxyl groups is 1. The van der Waals surface area contributed by atoms with E-state index in [9.17, 15) is 15.2 Å². The number of aromatic nitrogens is 1. The number of rotatable bonds is 18. The minimum Gasteiger partial charge on any atom is -0.492 e. The minimum atomic E-state index is -0.343. The lowest BCUT2D eigenvalue weighted by molar-refractivity contribution is -0.107. The first-order valence-corrected chi connectivity index (χ1v) is 19.1. The predicted molar refractivity (Wildman–Crippen MR) is 215 cm³/mol. The molecule has 6 rings (SSSR count). The van der Waals surface area contributed by atoms with E-state index in [-0.39, 0.29) is 12.7 Å². The molecule has 1 fully saturated rings. The number of hydrogen-bond donors (Lipinski definition) is 2. The number of ether oxygens (including phenoxy) is 3. The molecule has 9 nitrogen and oxygen atoms in total. The molecule has 0 bridgehead atoms. The molecule has 2 heterocycles. The SMILES string of the molecule is Cc1c(COc2cc(OCc3cncc(C#N)c3)c(CN3CCC(O)C3)cc2Cl)cccc1-c1cccc(-c2ccc(OCCNCCCC=O)cc2)c1C. The van der Waals surface area contributed by atoms with E-state index in [1.54, 1.807) is 12.3 Å². The first-order chi connectivity index (χ1) is 26.8. The van der Waals surface area contributed by atoms with E-state index in [0.29, 0.717) is 54.8 Å². The van der Waals surface area contributed by atoms with Crippen molar-refractivity contribution in [3.8, 4) is 45.6 Å². The number of benzene rings is 4. The Labute approximate surface area is 328 Å². The maximum absolute atomic E-state index is 10.5. The summed E-state index contributed by atoms with van der Waals surface area (Å²) < 4.78 is 18.6. The predicted octanol–water partition coefficient (Wildman–Crippen LogP) is 8.23. The van der Waals surface area contributed by atoms with Crippen LogP contribution in [0.25, 0.3) is 22.3 Å². The number of nitriles is 1. The van der Waals surface area contributed by atoms with Crippen LogP contribution in [-0.4, -0.2) is 60.2 Å². The number of nitrogens with one attached hydrogen (secondary N) is 1. The van der Waals surface area contributed by atoms with Crippen LogP contribution >= 0.6 is 11.6 Å². The molecule has 1 saturated heterocycles. The summed E-state index contributed by atoms with van der Waals surface area (Å²) in [7, 11) is 0. The Morgan fingerprint density at radius 1 is 0.909 bits per heavy atom. The van der Waals surface area contributed by atoms with Gasteiger partial charge < -0.3 is 29.4 Å². The van der Waals surface area contributed by atoms with Gasteiger partial charge in [0.2, 0.25) is 0 Å². The van der Waals surface area contributed by atoms with Crippen LogP contribution in [0, 0.1) is 25.2 Å². The fourth-order valence-electron chi connectivity index (χ4n) is 6.86. The molecule has 1 aliphatic heterocycles. The lowest BCUT2D eigenvalue weighted by atomic mass is 9.89.